The largest absolute Gasteiger partial charge is 0.496 e. The summed E-state index contributed by atoms with van der Waals surface area (Å²) in [6.45, 7) is 5.91. The molecule has 0 aliphatic heterocycles. The maximum Gasteiger partial charge on any atom is 0.251 e. The summed E-state index contributed by atoms with van der Waals surface area (Å²) in [6.07, 6.45) is 1.20. The molecule has 1 N–H and O–H groups in total. The second kappa shape index (κ2) is 10.1. The Hall–Kier alpha value is -3.32. The number of anilines is 1. The van der Waals surface area contributed by atoms with Gasteiger partial charge in [0.15, 0.2) is 0 Å². The molecule has 0 bridgehead atoms. The van der Waals surface area contributed by atoms with E-state index in [1.807, 2.05) is 63.2 Å². The zero-order valence-electron chi connectivity index (χ0n) is 19.6. The third kappa shape index (κ3) is 5.93. The summed E-state index contributed by atoms with van der Waals surface area (Å²) in [7, 11) is -1.89. The molecular formula is C26H30N2O4S. The van der Waals surface area contributed by atoms with Crippen LogP contribution in [0.25, 0.3) is 0 Å². The number of ether oxygens (including phenoxy) is 1. The van der Waals surface area contributed by atoms with Crippen molar-refractivity contribution in [1.29, 1.82) is 0 Å². The normalized spacial score (nSPS) is 12.2. The van der Waals surface area contributed by atoms with E-state index in [0.29, 0.717) is 17.0 Å². The van der Waals surface area contributed by atoms with Crippen molar-refractivity contribution in [2.24, 2.45) is 0 Å². The van der Waals surface area contributed by atoms with E-state index in [2.05, 4.69) is 5.32 Å². The van der Waals surface area contributed by atoms with Crippen molar-refractivity contribution in [2.45, 2.75) is 33.4 Å². The van der Waals surface area contributed by atoms with Crippen molar-refractivity contribution in [3.05, 3.63) is 94.5 Å². The Morgan fingerprint density at radius 2 is 1.70 bits per heavy atom. The molecule has 174 valence electrons. The number of hydrogen-bond acceptors (Lipinski definition) is 4. The van der Waals surface area contributed by atoms with Crippen molar-refractivity contribution < 1.29 is 17.9 Å². The lowest BCUT2D eigenvalue weighted by atomic mass is 10.1. The van der Waals surface area contributed by atoms with Gasteiger partial charge in [0.1, 0.15) is 5.75 Å². The van der Waals surface area contributed by atoms with E-state index in [-0.39, 0.29) is 18.5 Å². The van der Waals surface area contributed by atoms with E-state index in [4.69, 9.17) is 4.74 Å². The minimum atomic E-state index is -3.49. The Morgan fingerprint density at radius 1 is 1.03 bits per heavy atom. The highest BCUT2D eigenvalue weighted by Crippen LogP contribution is 2.27. The number of nitrogens with zero attached hydrogens (tertiary/aromatic N) is 1. The van der Waals surface area contributed by atoms with Crippen molar-refractivity contribution >= 4 is 21.6 Å². The molecule has 0 heterocycles. The molecule has 0 radical (unpaired) electrons. The third-order valence-electron chi connectivity index (χ3n) is 5.53. The minimum absolute atomic E-state index is 0.183. The second-order valence-electron chi connectivity index (χ2n) is 8.19. The fraction of sp³-hybridized carbons (Fsp3) is 0.269. The van der Waals surface area contributed by atoms with E-state index in [0.717, 1.165) is 22.3 Å². The zero-order valence-corrected chi connectivity index (χ0v) is 20.4. The quantitative estimate of drug-likeness (QED) is 0.519. The van der Waals surface area contributed by atoms with Crippen LogP contribution >= 0.6 is 0 Å². The summed E-state index contributed by atoms with van der Waals surface area (Å²) in [4.78, 5) is 12.8. The molecule has 0 aliphatic carbocycles. The maximum absolute atomic E-state index is 12.8. The van der Waals surface area contributed by atoms with Crippen molar-refractivity contribution in [2.75, 3.05) is 17.7 Å². The van der Waals surface area contributed by atoms with Gasteiger partial charge >= 0.3 is 0 Å². The molecular weight excluding hydrogens is 436 g/mol. The molecule has 7 heteroatoms. The van der Waals surface area contributed by atoms with E-state index >= 15 is 0 Å². The lowest BCUT2D eigenvalue weighted by Gasteiger charge is -2.25. The molecule has 3 aromatic rings. The average molecular weight is 467 g/mol. The summed E-state index contributed by atoms with van der Waals surface area (Å²) >= 11 is 0. The summed E-state index contributed by atoms with van der Waals surface area (Å²) in [5.74, 6) is 0.502. The first kappa shape index (κ1) is 24.3. The Morgan fingerprint density at radius 3 is 2.33 bits per heavy atom. The summed E-state index contributed by atoms with van der Waals surface area (Å²) in [6, 6.07) is 20.1. The van der Waals surface area contributed by atoms with Crippen LogP contribution in [0.5, 0.6) is 5.75 Å². The highest BCUT2D eigenvalue weighted by molar-refractivity contribution is 7.92. The molecule has 0 saturated carbocycles. The molecule has 6 nitrogen and oxygen atoms in total. The lowest BCUT2D eigenvalue weighted by molar-refractivity contribution is 0.0939. The molecule has 1 amide bonds. The molecule has 0 unspecified atom stereocenters. The molecule has 1 atom stereocenters. The van der Waals surface area contributed by atoms with E-state index in [9.17, 15) is 13.2 Å². The first-order chi connectivity index (χ1) is 15.6. The van der Waals surface area contributed by atoms with Crippen LogP contribution in [0.3, 0.4) is 0 Å². The number of para-hydroxylation sites is 1. The Balaban J connectivity index is 1.77. The first-order valence-electron chi connectivity index (χ1n) is 10.7. The minimum Gasteiger partial charge on any atom is -0.496 e. The number of sulfonamides is 1. The first-order valence-corrected chi connectivity index (χ1v) is 12.5. The predicted molar refractivity (Wildman–Crippen MR) is 132 cm³/mol. The number of methoxy groups -OCH3 is 1. The average Bonchev–Trinajstić information content (AvgIpc) is 2.78. The number of amides is 1. The third-order valence-corrected chi connectivity index (χ3v) is 6.66. The summed E-state index contributed by atoms with van der Waals surface area (Å²) in [5, 5.41) is 2.99. The van der Waals surface area contributed by atoms with Crippen LogP contribution in [0, 0.1) is 13.8 Å². The smallest absolute Gasteiger partial charge is 0.251 e. The number of hydrogen-bond donors (Lipinski definition) is 1. The molecule has 0 fully saturated rings. The number of benzene rings is 3. The highest BCUT2D eigenvalue weighted by Gasteiger charge is 2.20. The number of aryl methyl sites for hydroxylation is 2. The van der Waals surface area contributed by atoms with Gasteiger partial charge in [-0.2, -0.15) is 0 Å². The number of carbonyl (C=O) groups is 1. The van der Waals surface area contributed by atoms with Crippen LogP contribution in [0.15, 0.2) is 66.7 Å². The van der Waals surface area contributed by atoms with Crippen molar-refractivity contribution in [3.63, 3.8) is 0 Å². The van der Waals surface area contributed by atoms with Gasteiger partial charge < -0.3 is 10.1 Å². The topological polar surface area (TPSA) is 75.7 Å². The molecule has 3 rings (SSSR count). The maximum atomic E-state index is 12.8. The monoisotopic (exact) mass is 466 g/mol. The summed E-state index contributed by atoms with van der Waals surface area (Å²) < 4.78 is 31.8. The molecule has 0 aromatic heterocycles. The van der Waals surface area contributed by atoms with E-state index in [1.165, 1.54) is 10.6 Å². The van der Waals surface area contributed by atoms with Gasteiger partial charge in [0.2, 0.25) is 10.0 Å². The fourth-order valence-corrected chi connectivity index (χ4v) is 4.62. The van der Waals surface area contributed by atoms with Crippen molar-refractivity contribution in [1.82, 2.24) is 5.32 Å². The molecule has 0 saturated heterocycles. The van der Waals surface area contributed by atoms with Gasteiger partial charge in [-0.25, -0.2) is 8.42 Å². The van der Waals surface area contributed by atoms with Gasteiger partial charge in [-0.1, -0.05) is 42.5 Å². The fourth-order valence-electron chi connectivity index (χ4n) is 3.68. The molecule has 0 aliphatic rings. The van der Waals surface area contributed by atoms with E-state index in [1.54, 1.807) is 31.4 Å². The van der Waals surface area contributed by atoms with Crippen LogP contribution in [-0.4, -0.2) is 27.7 Å². The van der Waals surface area contributed by atoms with Gasteiger partial charge in [0.05, 0.1) is 31.6 Å². The van der Waals surface area contributed by atoms with Gasteiger partial charge in [-0.3, -0.25) is 9.10 Å². The van der Waals surface area contributed by atoms with Crippen LogP contribution in [-0.2, 0) is 16.6 Å². The van der Waals surface area contributed by atoms with Crippen LogP contribution in [0.1, 0.15) is 45.6 Å². The number of carbonyl (C=O) groups excluding carboxylic acids is 1. The van der Waals surface area contributed by atoms with E-state index < -0.39 is 10.0 Å². The Labute approximate surface area is 196 Å². The van der Waals surface area contributed by atoms with Gasteiger partial charge in [-0.15, -0.1) is 0 Å². The standard InChI is InChI=1S/C26H30N2O4S/c1-18-10-11-19(2)24(16-18)28(33(5,30)31)17-21-12-14-22(15-13-21)26(29)27-20(3)23-8-6-7-9-25(23)32-4/h6-16,20H,17H2,1-5H3,(H,27,29)/t20-/m1/s1. The van der Waals surface area contributed by atoms with Gasteiger partial charge in [0.25, 0.3) is 5.91 Å². The zero-order chi connectivity index (χ0) is 24.2. The SMILES string of the molecule is COc1ccccc1[C@@H](C)NC(=O)c1ccc(CN(c2cc(C)ccc2C)S(C)(=O)=O)cc1. The Bertz CT molecular complexity index is 1240. The Kier molecular flexibility index (Phi) is 7.43. The predicted octanol–water partition coefficient (Wildman–Crippen LogP) is 4.77. The molecule has 0 spiro atoms. The molecule has 33 heavy (non-hydrogen) atoms. The lowest BCUT2D eigenvalue weighted by Crippen LogP contribution is -2.30. The van der Waals surface area contributed by atoms with Crippen LogP contribution in [0.2, 0.25) is 0 Å². The van der Waals surface area contributed by atoms with Crippen LogP contribution < -0.4 is 14.4 Å². The number of nitrogens with one attached hydrogen (secondary N) is 1. The summed E-state index contributed by atoms with van der Waals surface area (Å²) in [5.41, 5.74) is 4.70. The van der Waals surface area contributed by atoms with Gasteiger partial charge in [-0.05, 0) is 61.7 Å². The van der Waals surface area contributed by atoms with Crippen molar-refractivity contribution in [3.8, 4) is 5.75 Å². The highest BCUT2D eigenvalue weighted by atomic mass is 32.2. The molecule has 3 aromatic carbocycles. The second-order valence-corrected chi connectivity index (χ2v) is 10.1. The van der Waals surface area contributed by atoms with Crippen LogP contribution in [0.4, 0.5) is 5.69 Å². The number of rotatable bonds is 8. The van der Waals surface area contributed by atoms with Gasteiger partial charge in [0, 0.05) is 11.1 Å².